The molecule has 0 saturated carbocycles. The Hall–Kier alpha value is -2.49. The quantitative estimate of drug-likeness (QED) is 0.341. The van der Waals surface area contributed by atoms with Gasteiger partial charge in [-0.15, -0.1) is 0 Å². The van der Waals surface area contributed by atoms with E-state index in [4.69, 9.17) is 10.9 Å². The summed E-state index contributed by atoms with van der Waals surface area (Å²) in [5.41, 5.74) is 10.3. The first-order valence-corrected chi connectivity index (χ1v) is 6.95. The standard InChI is InChI=1S/C17H21N3O/c1-12-8-9-13(2)16(10-12)19-11-15(17(18)20-21)14-6-4-3-5-7-14/h3-10,15,19,21H,11H2,1-2H3,(H2,18,20). The summed E-state index contributed by atoms with van der Waals surface area (Å²) in [4.78, 5) is 0. The van der Waals surface area contributed by atoms with Crippen LogP contribution < -0.4 is 11.1 Å². The van der Waals surface area contributed by atoms with Gasteiger partial charge >= 0.3 is 0 Å². The van der Waals surface area contributed by atoms with E-state index in [2.05, 4.69) is 42.5 Å². The van der Waals surface area contributed by atoms with Gasteiger partial charge in [0.15, 0.2) is 0 Å². The van der Waals surface area contributed by atoms with Gasteiger partial charge in [-0.1, -0.05) is 47.6 Å². The van der Waals surface area contributed by atoms with Crippen molar-refractivity contribution in [2.24, 2.45) is 10.9 Å². The number of hydrogen-bond donors (Lipinski definition) is 3. The van der Waals surface area contributed by atoms with E-state index in [9.17, 15) is 0 Å². The molecule has 1 unspecified atom stereocenters. The summed E-state index contributed by atoms with van der Waals surface area (Å²) in [6, 6.07) is 16.1. The minimum absolute atomic E-state index is 0.170. The zero-order valence-corrected chi connectivity index (χ0v) is 12.4. The predicted octanol–water partition coefficient (Wildman–Crippen LogP) is 3.25. The van der Waals surface area contributed by atoms with Gasteiger partial charge in [0.1, 0.15) is 5.84 Å². The van der Waals surface area contributed by atoms with E-state index in [0.29, 0.717) is 6.54 Å². The highest BCUT2D eigenvalue weighted by molar-refractivity contribution is 5.87. The Bertz CT molecular complexity index is 623. The van der Waals surface area contributed by atoms with Gasteiger partial charge in [-0.3, -0.25) is 0 Å². The third-order valence-electron chi connectivity index (χ3n) is 3.56. The Morgan fingerprint density at radius 3 is 2.57 bits per heavy atom. The number of amidine groups is 1. The van der Waals surface area contributed by atoms with E-state index < -0.39 is 0 Å². The molecule has 0 heterocycles. The minimum atomic E-state index is -0.170. The van der Waals surface area contributed by atoms with Crippen molar-refractivity contribution in [3.8, 4) is 0 Å². The number of hydrogen-bond acceptors (Lipinski definition) is 3. The molecule has 110 valence electrons. The molecule has 0 spiro atoms. The van der Waals surface area contributed by atoms with Gasteiger partial charge in [-0.2, -0.15) is 0 Å². The first-order chi connectivity index (χ1) is 10.1. The molecule has 0 aliphatic heterocycles. The van der Waals surface area contributed by atoms with Gasteiger partial charge in [0.2, 0.25) is 0 Å². The third kappa shape index (κ3) is 3.75. The Kier molecular flexibility index (Phi) is 4.82. The Morgan fingerprint density at radius 2 is 1.90 bits per heavy atom. The van der Waals surface area contributed by atoms with Crippen LogP contribution in [0, 0.1) is 13.8 Å². The molecule has 4 heteroatoms. The van der Waals surface area contributed by atoms with E-state index in [1.54, 1.807) is 0 Å². The maximum Gasteiger partial charge on any atom is 0.148 e. The van der Waals surface area contributed by atoms with Crippen molar-refractivity contribution in [2.75, 3.05) is 11.9 Å². The normalized spacial score (nSPS) is 13.0. The highest BCUT2D eigenvalue weighted by atomic mass is 16.4. The third-order valence-corrected chi connectivity index (χ3v) is 3.56. The molecule has 0 radical (unpaired) electrons. The van der Waals surface area contributed by atoms with Crippen LogP contribution in [-0.2, 0) is 0 Å². The molecule has 0 aromatic heterocycles. The van der Waals surface area contributed by atoms with Gasteiger partial charge < -0.3 is 16.3 Å². The zero-order valence-electron chi connectivity index (χ0n) is 12.4. The summed E-state index contributed by atoms with van der Waals surface area (Å²) >= 11 is 0. The van der Waals surface area contributed by atoms with Crippen LogP contribution in [0.3, 0.4) is 0 Å². The molecule has 0 aliphatic rings. The molecule has 0 saturated heterocycles. The largest absolute Gasteiger partial charge is 0.409 e. The maximum atomic E-state index is 9.00. The van der Waals surface area contributed by atoms with Gasteiger partial charge in [0, 0.05) is 12.2 Å². The molecule has 1 atom stereocenters. The molecule has 2 aromatic carbocycles. The van der Waals surface area contributed by atoms with Crippen molar-refractivity contribution in [1.29, 1.82) is 0 Å². The zero-order chi connectivity index (χ0) is 15.2. The van der Waals surface area contributed by atoms with Crippen LogP contribution in [0.4, 0.5) is 5.69 Å². The van der Waals surface area contributed by atoms with E-state index in [1.807, 2.05) is 30.3 Å². The van der Waals surface area contributed by atoms with Crippen molar-refractivity contribution < 1.29 is 5.21 Å². The van der Waals surface area contributed by atoms with Crippen molar-refractivity contribution >= 4 is 11.5 Å². The second kappa shape index (κ2) is 6.79. The number of nitrogens with two attached hydrogens (primary N) is 1. The SMILES string of the molecule is Cc1ccc(C)c(NCC(C(N)=NO)c2ccccc2)c1. The minimum Gasteiger partial charge on any atom is -0.409 e. The molecular weight excluding hydrogens is 262 g/mol. The summed E-state index contributed by atoms with van der Waals surface area (Å²) in [7, 11) is 0. The molecule has 0 amide bonds. The molecule has 4 N–H and O–H groups in total. The maximum absolute atomic E-state index is 9.00. The monoisotopic (exact) mass is 283 g/mol. The van der Waals surface area contributed by atoms with Gasteiger partial charge in [-0.25, -0.2) is 0 Å². The molecule has 21 heavy (non-hydrogen) atoms. The lowest BCUT2D eigenvalue weighted by molar-refractivity contribution is 0.316. The van der Waals surface area contributed by atoms with Gasteiger partial charge in [0.05, 0.1) is 5.92 Å². The van der Waals surface area contributed by atoms with E-state index in [-0.39, 0.29) is 11.8 Å². The fourth-order valence-corrected chi connectivity index (χ4v) is 2.29. The first-order valence-electron chi connectivity index (χ1n) is 6.95. The van der Waals surface area contributed by atoms with Crippen LogP contribution in [0.15, 0.2) is 53.7 Å². The number of oxime groups is 1. The fourth-order valence-electron chi connectivity index (χ4n) is 2.29. The second-order valence-corrected chi connectivity index (χ2v) is 5.19. The lowest BCUT2D eigenvalue weighted by Gasteiger charge is -2.18. The second-order valence-electron chi connectivity index (χ2n) is 5.19. The molecule has 0 fully saturated rings. The summed E-state index contributed by atoms with van der Waals surface area (Å²) in [5.74, 6) is 0.0371. The average Bonchev–Trinajstić information content (AvgIpc) is 2.51. The summed E-state index contributed by atoms with van der Waals surface area (Å²) in [6.45, 7) is 4.69. The molecule has 4 nitrogen and oxygen atoms in total. The van der Waals surface area contributed by atoms with Crippen molar-refractivity contribution in [3.63, 3.8) is 0 Å². The number of nitrogens with zero attached hydrogens (tertiary/aromatic N) is 1. The Balaban J connectivity index is 2.19. The smallest absolute Gasteiger partial charge is 0.148 e. The average molecular weight is 283 g/mol. The number of aryl methyl sites for hydroxylation is 2. The topological polar surface area (TPSA) is 70.6 Å². The van der Waals surface area contributed by atoms with Crippen LogP contribution in [0.5, 0.6) is 0 Å². The Morgan fingerprint density at radius 1 is 1.19 bits per heavy atom. The molecule has 2 rings (SSSR count). The Labute approximate surface area is 125 Å². The summed E-state index contributed by atoms with van der Waals surface area (Å²) < 4.78 is 0. The van der Waals surface area contributed by atoms with E-state index in [1.165, 1.54) is 11.1 Å². The van der Waals surface area contributed by atoms with E-state index in [0.717, 1.165) is 11.3 Å². The molecule has 0 aliphatic carbocycles. The number of anilines is 1. The molecule has 2 aromatic rings. The fraction of sp³-hybridized carbons (Fsp3) is 0.235. The predicted molar refractivity (Wildman–Crippen MR) is 87.0 cm³/mol. The highest BCUT2D eigenvalue weighted by Gasteiger charge is 2.16. The highest BCUT2D eigenvalue weighted by Crippen LogP contribution is 2.20. The van der Waals surface area contributed by atoms with E-state index >= 15 is 0 Å². The van der Waals surface area contributed by atoms with Crippen LogP contribution in [-0.4, -0.2) is 17.6 Å². The molecular formula is C17H21N3O. The van der Waals surface area contributed by atoms with Gasteiger partial charge in [-0.05, 0) is 36.6 Å². The number of nitrogens with one attached hydrogen (secondary N) is 1. The lowest BCUT2D eigenvalue weighted by Crippen LogP contribution is -2.28. The lowest BCUT2D eigenvalue weighted by atomic mass is 9.97. The van der Waals surface area contributed by atoms with Crippen LogP contribution in [0.2, 0.25) is 0 Å². The summed E-state index contributed by atoms with van der Waals surface area (Å²) in [5, 5.41) is 15.6. The van der Waals surface area contributed by atoms with Crippen molar-refractivity contribution in [1.82, 2.24) is 0 Å². The van der Waals surface area contributed by atoms with Crippen LogP contribution in [0.25, 0.3) is 0 Å². The molecule has 0 bridgehead atoms. The first kappa shape index (κ1) is 14.9. The van der Waals surface area contributed by atoms with Gasteiger partial charge in [0.25, 0.3) is 0 Å². The number of benzene rings is 2. The van der Waals surface area contributed by atoms with Crippen molar-refractivity contribution in [3.05, 3.63) is 65.2 Å². The van der Waals surface area contributed by atoms with Crippen LogP contribution >= 0.6 is 0 Å². The van der Waals surface area contributed by atoms with Crippen LogP contribution in [0.1, 0.15) is 22.6 Å². The number of rotatable bonds is 5. The summed E-state index contributed by atoms with van der Waals surface area (Å²) in [6.07, 6.45) is 0. The van der Waals surface area contributed by atoms with Crippen molar-refractivity contribution in [2.45, 2.75) is 19.8 Å².